The van der Waals surface area contributed by atoms with Crippen molar-refractivity contribution in [3.8, 4) is 5.75 Å². The highest BCUT2D eigenvalue weighted by molar-refractivity contribution is 5.78. The molecule has 6 nitrogen and oxygen atoms in total. The number of hydrogen-bond donors (Lipinski definition) is 1. The summed E-state index contributed by atoms with van der Waals surface area (Å²) in [5.41, 5.74) is 2.31. The number of urea groups is 1. The lowest BCUT2D eigenvalue weighted by molar-refractivity contribution is -0.127. The van der Waals surface area contributed by atoms with Crippen LogP contribution in [0.4, 0.5) is 4.79 Å². The summed E-state index contributed by atoms with van der Waals surface area (Å²) in [5.74, 6) is 1.17. The van der Waals surface area contributed by atoms with E-state index in [1.165, 1.54) is 0 Å². The third kappa shape index (κ3) is 4.93. The molecule has 1 unspecified atom stereocenters. The molecule has 0 spiro atoms. The van der Waals surface area contributed by atoms with E-state index in [1.807, 2.05) is 22.8 Å². The van der Waals surface area contributed by atoms with E-state index in [9.17, 15) is 9.59 Å². The van der Waals surface area contributed by atoms with E-state index < -0.39 is 0 Å². The number of piperidine rings is 1. The number of nitrogens with zero attached hydrogens (tertiary/aromatic N) is 2. The molecule has 2 saturated heterocycles. The number of nitrogens with one attached hydrogen (secondary N) is 1. The van der Waals surface area contributed by atoms with E-state index in [2.05, 4.69) is 31.3 Å². The summed E-state index contributed by atoms with van der Waals surface area (Å²) < 4.78 is 6.22. The van der Waals surface area contributed by atoms with Gasteiger partial charge in [0.25, 0.3) is 0 Å². The van der Waals surface area contributed by atoms with Gasteiger partial charge in [-0.15, -0.1) is 0 Å². The lowest BCUT2D eigenvalue weighted by Gasteiger charge is -2.34. The second kappa shape index (κ2) is 8.63. The molecule has 0 aliphatic carbocycles. The van der Waals surface area contributed by atoms with Crippen LogP contribution < -0.4 is 10.1 Å². The zero-order valence-corrected chi connectivity index (χ0v) is 16.7. The highest BCUT2D eigenvalue weighted by atomic mass is 16.5. The van der Waals surface area contributed by atoms with Crippen molar-refractivity contribution in [1.29, 1.82) is 0 Å². The van der Waals surface area contributed by atoms with E-state index in [-0.39, 0.29) is 24.1 Å². The third-order valence-electron chi connectivity index (χ3n) is 5.46. The lowest BCUT2D eigenvalue weighted by atomic mass is 10.1. The van der Waals surface area contributed by atoms with E-state index in [0.29, 0.717) is 26.1 Å². The zero-order chi connectivity index (χ0) is 19.4. The van der Waals surface area contributed by atoms with Gasteiger partial charge in [0.15, 0.2) is 0 Å². The Morgan fingerprint density at radius 2 is 1.89 bits per heavy atom. The predicted molar refractivity (Wildman–Crippen MR) is 105 cm³/mol. The number of benzene rings is 1. The molecule has 6 heteroatoms. The van der Waals surface area contributed by atoms with Crippen LogP contribution in [0, 0.1) is 13.8 Å². The molecular formula is C21H31N3O3. The third-order valence-corrected chi connectivity index (χ3v) is 5.46. The van der Waals surface area contributed by atoms with Gasteiger partial charge in [-0.2, -0.15) is 0 Å². The number of aryl methyl sites for hydroxylation is 2. The fourth-order valence-corrected chi connectivity index (χ4v) is 3.90. The van der Waals surface area contributed by atoms with Crippen molar-refractivity contribution in [2.75, 3.05) is 26.2 Å². The highest BCUT2D eigenvalue weighted by Gasteiger charge is 2.27. The highest BCUT2D eigenvalue weighted by Crippen LogP contribution is 2.26. The topological polar surface area (TPSA) is 61.9 Å². The van der Waals surface area contributed by atoms with Gasteiger partial charge in [-0.05, 0) is 38.3 Å². The van der Waals surface area contributed by atoms with E-state index in [0.717, 1.165) is 42.7 Å². The Morgan fingerprint density at radius 3 is 2.48 bits per heavy atom. The number of hydrogen-bond acceptors (Lipinski definition) is 3. The van der Waals surface area contributed by atoms with E-state index in [1.54, 1.807) is 0 Å². The Labute approximate surface area is 161 Å². The zero-order valence-electron chi connectivity index (χ0n) is 16.7. The summed E-state index contributed by atoms with van der Waals surface area (Å²) in [4.78, 5) is 27.9. The van der Waals surface area contributed by atoms with Crippen LogP contribution >= 0.6 is 0 Å². The molecule has 3 amide bonds. The molecule has 0 bridgehead atoms. The van der Waals surface area contributed by atoms with Crippen LogP contribution in [0.3, 0.4) is 0 Å². The van der Waals surface area contributed by atoms with Crippen molar-refractivity contribution in [1.82, 2.24) is 15.1 Å². The Balaban J connectivity index is 1.44. The largest absolute Gasteiger partial charge is 0.490 e. The van der Waals surface area contributed by atoms with Gasteiger partial charge in [-0.25, -0.2) is 4.79 Å². The van der Waals surface area contributed by atoms with Crippen LogP contribution in [-0.4, -0.2) is 60.1 Å². The molecule has 0 radical (unpaired) electrons. The minimum atomic E-state index is -0.0420. The Bertz CT molecular complexity index is 663. The molecule has 0 aromatic heterocycles. The number of likely N-dealkylation sites (tertiary alicyclic amines) is 2. The Hall–Kier alpha value is -2.24. The van der Waals surface area contributed by atoms with Crippen LogP contribution in [0.2, 0.25) is 0 Å². The first-order valence-electron chi connectivity index (χ1n) is 10.00. The SMILES string of the molecule is Cc1cccc(C)c1OC1CCN(C(=O)NC(C)CN2CCCC2=O)CC1. The molecule has 1 aromatic rings. The normalized spacial score (nSPS) is 19.3. The fourth-order valence-electron chi connectivity index (χ4n) is 3.90. The smallest absolute Gasteiger partial charge is 0.317 e. The fraction of sp³-hybridized carbons (Fsp3) is 0.619. The minimum absolute atomic E-state index is 0.0388. The van der Waals surface area contributed by atoms with E-state index >= 15 is 0 Å². The summed E-state index contributed by atoms with van der Waals surface area (Å²) >= 11 is 0. The van der Waals surface area contributed by atoms with Crippen LogP contribution in [0.1, 0.15) is 43.7 Å². The molecule has 0 saturated carbocycles. The molecule has 2 aliphatic rings. The van der Waals surface area contributed by atoms with Gasteiger partial charge in [0.05, 0.1) is 0 Å². The van der Waals surface area contributed by atoms with Gasteiger partial charge in [0.1, 0.15) is 11.9 Å². The molecule has 2 aliphatic heterocycles. The minimum Gasteiger partial charge on any atom is -0.490 e. The number of amides is 3. The van der Waals surface area contributed by atoms with Crippen LogP contribution in [0.25, 0.3) is 0 Å². The number of rotatable bonds is 5. The molecule has 1 aromatic carbocycles. The number of carbonyl (C=O) groups is 2. The van der Waals surface area contributed by atoms with E-state index in [4.69, 9.17) is 4.74 Å². The van der Waals surface area contributed by atoms with Gasteiger partial charge in [0, 0.05) is 51.5 Å². The first kappa shape index (κ1) is 19.5. The summed E-state index contributed by atoms with van der Waals surface area (Å²) in [6, 6.07) is 6.10. The first-order chi connectivity index (χ1) is 12.9. The van der Waals surface area contributed by atoms with Gasteiger partial charge < -0.3 is 19.9 Å². The van der Waals surface area contributed by atoms with Gasteiger partial charge in [-0.1, -0.05) is 18.2 Å². The predicted octanol–water partition coefficient (Wildman–Crippen LogP) is 2.87. The van der Waals surface area contributed by atoms with Crippen molar-refractivity contribution in [2.24, 2.45) is 0 Å². The van der Waals surface area contributed by atoms with Gasteiger partial charge in [-0.3, -0.25) is 4.79 Å². The molecule has 2 fully saturated rings. The summed E-state index contributed by atoms with van der Waals surface area (Å²) in [6.45, 7) is 8.87. The summed E-state index contributed by atoms with van der Waals surface area (Å²) in [7, 11) is 0. The van der Waals surface area contributed by atoms with Crippen molar-refractivity contribution in [3.05, 3.63) is 29.3 Å². The quantitative estimate of drug-likeness (QED) is 0.863. The number of ether oxygens (including phenoxy) is 1. The summed E-state index contributed by atoms with van der Waals surface area (Å²) in [5, 5.41) is 3.03. The monoisotopic (exact) mass is 373 g/mol. The molecule has 1 N–H and O–H groups in total. The molecule has 148 valence electrons. The van der Waals surface area contributed by atoms with Crippen molar-refractivity contribution in [3.63, 3.8) is 0 Å². The van der Waals surface area contributed by atoms with Gasteiger partial charge >= 0.3 is 6.03 Å². The second-order valence-electron chi connectivity index (χ2n) is 7.82. The maximum atomic E-state index is 12.5. The maximum absolute atomic E-state index is 12.5. The average Bonchev–Trinajstić information content (AvgIpc) is 3.03. The Morgan fingerprint density at radius 1 is 1.22 bits per heavy atom. The second-order valence-corrected chi connectivity index (χ2v) is 7.82. The first-order valence-corrected chi connectivity index (χ1v) is 10.00. The standard InChI is InChI=1S/C21H31N3O3/c1-15-6-4-7-16(2)20(15)27-18-9-12-23(13-10-18)21(26)22-17(3)14-24-11-5-8-19(24)25/h4,6-7,17-18H,5,8-14H2,1-3H3,(H,22,26). The number of carbonyl (C=O) groups excluding carboxylic acids is 2. The van der Waals surface area contributed by atoms with Crippen LogP contribution in [0.15, 0.2) is 18.2 Å². The van der Waals surface area contributed by atoms with Crippen LogP contribution in [-0.2, 0) is 4.79 Å². The number of para-hydroxylation sites is 1. The molecule has 3 rings (SSSR count). The molecule has 27 heavy (non-hydrogen) atoms. The van der Waals surface area contributed by atoms with Crippen molar-refractivity contribution >= 4 is 11.9 Å². The van der Waals surface area contributed by atoms with Gasteiger partial charge in [0.2, 0.25) is 5.91 Å². The summed E-state index contributed by atoms with van der Waals surface area (Å²) in [6.07, 6.45) is 3.37. The lowest BCUT2D eigenvalue weighted by Crippen LogP contribution is -2.51. The maximum Gasteiger partial charge on any atom is 0.317 e. The molecule has 1 atom stereocenters. The van der Waals surface area contributed by atoms with Crippen LogP contribution in [0.5, 0.6) is 5.75 Å². The Kier molecular flexibility index (Phi) is 6.24. The molecule has 2 heterocycles. The average molecular weight is 373 g/mol. The van der Waals surface area contributed by atoms with Crippen molar-refractivity contribution in [2.45, 2.75) is 58.6 Å². The van der Waals surface area contributed by atoms with Crippen molar-refractivity contribution < 1.29 is 14.3 Å². The molecular weight excluding hydrogens is 342 g/mol.